The maximum Gasteiger partial charge on any atom is 0.435 e. The summed E-state index contributed by atoms with van der Waals surface area (Å²) in [6.45, 7) is 6.07. The lowest BCUT2D eigenvalue weighted by molar-refractivity contribution is -0.141. The molecule has 0 saturated heterocycles. The number of amides is 1. The monoisotopic (exact) mass is 554 g/mol. The average Bonchev–Trinajstić information content (AvgIpc) is 3.46. The van der Waals surface area contributed by atoms with Crippen molar-refractivity contribution in [3.05, 3.63) is 71.1 Å². The average molecular weight is 555 g/mol. The molecule has 1 aliphatic carbocycles. The molecule has 1 N–H and O–H groups in total. The predicted molar refractivity (Wildman–Crippen MR) is 144 cm³/mol. The number of fused-ring (bicyclic) bond motifs is 1. The Labute approximate surface area is 230 Å². The summed E-state index contributed by atoms with van der Waals surface area (Å²) in [5, 5.41) is 6.78. The molecule has 3 aromatic heterocycles. The van der Waals surface area contributed by atoms with Crippen molar-refractivity contribution in [2.24, 2.45) is 5.92 Å². The molecule has 0 spiro atoms. The molecule has 1 saturated carbocycles. The van der Waals surface area contributed by atoms with Crippen LogP contribution in [-0.2, 0) is 30.3 Å². The number of hydrogen-bond acceptors (Lipinski definition) is 5. The lowest BCUT2D eigenvalue weighted by atomic mass is 9.99. The first-order chi connectivity index (χ1) is 19.3. The highest BCUT2D eigenvalue weighted by Crippen LogP contribution is 2.38. The molecular weight excluding hydrogens is 521 g/mol. The summed E-state index contributed by atoms with van der Waals surface area (Å²) >= 11 is 0. The van der Waals surface area contributed by atoms with Crippen molar-refractivity contribution in [2.75, 3.05) is 19.8 Å². The zero-order valence-electron chi connectivity index (χ0n) is 22.7. The van der Waals surface area contributed by atoms with Crippen molar-refractivity contribution in [3.8, 4) is 11.3 Å². The zero-order valence-corrected chi connectivity index (χ0v) is 22.7. The smallest absolute Gasteiger partial charge is 0.380 e. The minimum atomic E-state index is -4.59. The number of halogens is 3. The normalized spacial score (nSPS) is 13.7. The van der Waals surface area contributed by atoms with E-state index in [1.54, 1.807) is 22.9 Å². The van der Waals surface area contributed by atoms with Crippen LogP contribution in [0.3, 0.4) is 0 Å². The van der Waals surface area contributed by atoms with E-state index in [0.717, 1.165) is 30.4 Å². The Morgan fingerprint density at radius 1 is 1.18 bits per heavy atom. The van der Waals surface area contributed by atoms with Crippen molar-refractivity contribution < 1.29 is 22.7 Å². The van der Waals surface area contributed by atoms with Gasteiger partial charge in [0.05, 0.1) is 29.8 Å². The van der Waals surface area contributed by atoms with Crippen LogP contribution in [0, 0.1) is 5.92 Å². The van der Waals surface area contributed by atoms with Crippen molar-refractivity contribution in [3.63, 3.8) is 0 Å². The van der Waals surface area contributed by atoms with Crippen molar-refractivity contribution in [1.82, 2.24) is 29.5 Å². The van der Waals surface area contributed by atoms with Gasteiger partial charge in [-0.2, -0.15) is 18.3 Å². The van der Waals surface area contributed by atoms with Crippen LogP contribution >= 0.6 is 0 Å². The predicted octanol–water partition coefficient (Wildman–Crippen LogP) is 5.33. The highest BCUT2D eigenvalue weighted by Gasteiger charge is 2.39. The van der Waals surface area contributed by atoms with Gasteiger partial charge in [0.1, 0.15) is 0 Å². The molecule has 0 bridgehead atoms. The second kappa shape index (κ2) is 11.8. The number of ether oxygens (including phenoxy) is 1. The molecule has 0 atom stereocenters. The molecule has 0 unspecified atom stereocenters. The van der Waals surface area contributed by atoms with Crippen LogP contribution in [0.25, 0.3) is 16.9 Å². The first-order valence-corrected chi connectivity index (χ1v) is 13.7. The fraction of sp³-hybridized carbons (Fsp3) is 0.448. The van der Waals surface area contributed by atoms with Gasteiger partial charge in [0.2, 0.25) is 0 Å². The largest absolute Gasteiger partial charge is 0.435 e. The molecular formula is C29H33F3N6O2. The number of hydrogen-bond donors (Lipinski definition) is 1. The van der Waals surface area contributed by atoms with Gasteiger partial charge >= 0.3 is 6.18 Å². The van der Waals surface area contributed by atoms with E-state index in [2.05, 4.69) is 20.4 Å². The van der Waals surface area contributed by atoms with E-state index in [0.29, 0.717) is 67.7 Å². The van der Waals surface area contributed by atoms with Gasteiger partial charge in [-0.3, -0.25) is 18.9 Å². The number of alkyl halides is 3. The SMILES string of the molecule is CCCOCCNC(=O)c1ccc(Cc2nccn3c(-c4cn(CC5CC5)nc4C(F)(F)F)cnc23)cc1CC. The molecule has 3 heterocycles. The van der Waals surface area contributed by atoms with Gasteiger partial charge in [0.25, 0.3) is 5.91 Å². The summed E-state index contributed by atoms with van der Waals surface area (Å²) in [4.78, 5) is 21.7. The van der Waals surface area contributed by atoms with E-state index in [1.165, 1.54) is 17.1 Å². The standard InChI is InChI=1S/C29H33F3N6O2/c1-3-12-40-13-10-34-28(39)22-8-7-20(14-21(22)4-2)15-24-27-35-16-25(38(27)11-9-33-24)23-18-37(17-19-5-6-19)36-26(23)29(30,31)32/h7-9,11,14,16,18-19H,3-6,10,12-13,15,17H2,1-2H3,(H,34,39). The molecule has 0 radical (unpaired) electrons. The zero-order chi connectivity index (χ0) is 28.3. The van der Waals surface area contributed by atoms with Crippen LogP contribution in [0.1, 0.15) is 66.0 Å². The van der Waals surface area contributed by atoms with Gasteiger partial charge in [-0.25, -0.2) is 4.98 Å². The number of aryl methyl sites for hydroxylation is 1. The van der Waals surface area contributed by atoms with Crippen molar-refractivity contribution in [2.45, 2.75) is 58.7 Å². The molecule has 0 aliphatic heterocycles. The minimum Gasteiger partial charge on any atom is -0.380 e. The summed E-state index contributed by atoms with van der Waals surface area (Å²) in [5.41, 5.74) is 2.95. The Morgan fingerprint density at radius 2 is 2.00 bits per heavy atom. The fourth-order valence-corrected chi connectivity index (χ4v) is 4.82. The van der Waals surface area contributed by atoms with Gasteiger partial charge in [-0.1, -0.05) is 26.0 Å². The first kappa shape index (κ1) is 27.8. The van der Waals surface area contributed by atoms with Gasteiger partial charge in [0, 0.05) is 50.3 Å². The van der Waals surface area contributed by atoms with Crippen LogP contribution in [-0.4, -0.2) is 49.8 Å². The van der Waals surface area contributed by atoms with E-state index in [1.807, 2.05) is 26.0 Å². The van der Waals surface area contributed by atoms with Crippen LogP contribution in [0.4, 0.5) is 13.2 Å². The van der Waals surface area contributed by atoms with E-state index < -0.39 is 11.9 Å². The van der Waals surface area contributed by atoms with Crippen molar-refractivity contribution in [1.29, 1.82) is 0 Å². The minimum absolute atomic E-state index is 0.00142. The molecule has 212 valence electrons. The molecule has 5 rings (SSSR count). The maximum atomic E-state index is 13.9. The Hall–Kier alpha value is -3.73. The van der Waals surface area contributed by atoms with Crippen LogP contribution in [0.2, 0.25) is 0 Å². The number of imidazole rings is 1. The van der Waals surface area contributed by atoms with Gasteiger partial charge < -0.3 is 10.1 Å². The van der Waals surface area contributed by atoms with E-state index in [-0.39, 0.29) is 11.5 Å². The Balaban J connectivity index is 1.39. The second-order valence-corrected chi connectivity index (χ2v) is 10.2. The topological polar surface area (TPSA) is 86.3 Å². The number of rotatable bonds is 12. The number of aromatic nitrogens is 5. The summed E-state index contributed by atoms with van der Waals surface area (Å²) < 4.78 is 50.2. The maximum absolute atomic E-state index is 13.9. The number of nitrogens with one attached hydrogen (secondary N) is 1. The Kier molecular flexibility index (Phi) is 8.20. The highest BCUT2D eigenvalue weighted by molar-refractivity contribution is 5.95. The quantitative estimate of drug-likeness (QED) is 0.239. The fourth-order valence-electron chi connectivity index (χ4n) is 4.82. The summed E-state index contributed by atoms with van der Waals surface area (Å²) in [7, 11) is 0. The third-order valence-electron chi connectivity index (χ3n) is 7.00. The van der Waals surface area contributed by atoms with E-state index >= 15 is 0 Å². The molecule has 1 fully saturated rings. The lowest BCUT2D eigenvalue weighted by Crippen LogP contribution is -2.28. The third kappa shape index (κ3) is 6.19. The van der Waals surface area contributed by atoms with Crippen LogP contribution < -0.4 is 5.32 Å². The van der Waals surface area contributed by atoms with Gasteiger partial charge in [-0.05, 0) is 48.8 Å². The molecule has 1 aromatic carbocycles. The van der Waals surface area contributed by atoms with Gasteiger partial charge in [0.15, 0.2) is 11.3 Å². The lowest BCUT2D eigenvalue weighted by Gasteiger charge is -2.12. The third-order valence-corrected chi connectivity index (χ3v) is 7.00. The van der Waals surface area contributed by atoms with Crippen LogP contribution in [0.15, 0.2) is 43.0 Å². The van der Waals surface area contributed by atoms with Crippen LogP contribution in [0.5, 0.6) is 0 Å². The summed E-state index contributed by atoms with van der Waals surface area (Å²) in [6, 6.07) is 5.65. The van der Waals surface area contributed by atoms with Crippen molar-refractivity contribution >= 4 is 11.6 Å². The summed E-state index contributed by atoms with van der Waals surface area (Å²) in [6.07, 6.45) is 5.55. The second-order valence-electron chi connectivity index (χ2n) is 10.2. The molecule has 1 aliphatic rings. The molecule has 4 aromatic rings. The van der Waals surface area contributed by atoms with E-state index in [4.69, 9.17) is 4.74 Å². The number of carbonyl (C=O) groups excluding carboxylic acids is 1. The Bertz CT molecular complexity index is 1490. The number of carbonyl (C=O) groups is 1. The molecule has 8 nitrogen and oxygen atoms in total. The molecule has 11 heteroatoms. The Morgan fingerprint density at radius 3 is 2.73 bits per heavy atom. The molecule has 1 amide bonds. The summed E-state index contributed by atoms with van der Waals surface area (Å²) in [5.74, 6) is 0.237. The number of benzene rings is 1. The van der Waals surface area contributed by atoms with E-state index in [9.17, 15) is 18.0 Å². The number of nitrogens with zero attached hydrogens (tertiary/aromatic N) is 5. The molecule has 40 heavy (non-hydrogen) atoms. The first-order valence-electron chi connectivity index (χ1n) is 13.7. The highest BCUT2D eigenvalue weighted by atomic mass is 19.4. The van der Waals surface area contributed by atoms with Gasteiger partial charge in [-0.15, -0.1) is 0 Å².